The Hall–Kier alpha value is -1.84. The van der Waals surface area contributed by atoms with Crippen molar-refractivity contribution in [1.29, 1.82) is 0 Å². The van der Waals surface area contributed by atoms with Gasteiger partial charge in [0.2, 0.25) is 5.91 Å². The minimum Gasteiger partial charge on any atom is -0.324 e. The summed E-state index contributed by atoms with van der Waals surface area (Å²) in [6, 6.07) is 15.6. The van der Waals surface area contributed by atoms with E-state index in [2.05, 4.69) is 17.4 Å². The topological polar surface area (TPSA) is 55.1 Å². The molecule has 0 saturated heterocycles. The third-order valence-electron chi connectivity index (χ3n) is 4.20. The number of carbonyl (C=O) groups is 1. The smallest absolute Gasteiger partial charge is 0.248 e. The molecule has 0 spiro atoms. The highest BCUT2D eigenvalue weighted by atomic mass is 35.5. The molecule has 1 aliphatic rings. The minimum atomic E-state index is -1.04. The molecule has 22 heavy (non-hydrogen) atoms. The number of carbonyl (C=O) groups excluding carboxylic acids is 1. The maximum atomic E-state index is 12.5. The zero-order valence-corrected chi connectivity index (χ0v) is 13.5. The highest BCUT2D eigenvalue weighted by molar-refractivity contribution is 5.98. The second-order valence-corrected chi connectivity index (χ2v) is 5.86. The Balaban J connectivity index is 0.00000176. The Kier molecular flexibility index (Phi) is 4.89. The lowest BCUT2D eigenvalue weighted by Gasteiger charge is -2.24. The molecule has 1 atom stereocenters. The summed E-state index contributed by atoms with van der Waals surface area (Å²) in [5.41, 5.74) is 9.56. The van der Waals surface area contributed by atoms with E-state index in [1.807, 2.05) is 36.4 Å². The molecule has 1 unspecified atom stereocenters. The van der Waals surface area contributed by atoms with Crippen molar-refractivity contribution in [3.63, 3.8) is 0 Å². The average Bonchev–Trinajstić information content (AvgIpc) is 2.95. The van der Waals surface area contributed by atoms with Gasteiger partial charge in [-0.2, -0.15) is 0 Å². The van der Waals surface area contributed by atoms with Gasteiger partial charge in [0.25, 0.3) is 0 Å². The summed E-state index contributed by atoms with van der Waals surface area (Å²) in [5.74, 6) is -0.188. The van der Waals surface area contributed by atoms with Crippen LogP contribution in [0, 0.1) is 0 Å². The van der Waals surface area contributed by atoms with Crippen LogP contribution in [0.2, 0.25) is 0 Å². The van der Waals surface area contributed by atoms with Crippen LogP contribution in [-0.4, -0.2) is 5.91 Å². The quantitative estimate of drug-likeness (QED) is 0.911. The fourth-order valence-corrected chi connectivity index (χ4v) is 2.83. The summed E-state index contributed by atoms with van der Waals surface area (Å²) in [6.07, 6.45) is 3.44. The lowest BCUT2D eigenvalue weighted by Crippen LogP contribution is -2.45. The van der Waals surface area contributed by atoms with E-state index in [1.165, 1.54) is 17.5 Å². The summed E-state index contributed by atoms with van der Waals surface area (Å²) < 4.78 is 0. The van der Waals surface area contributed by atoms with Gasteiger partial charge in [-0.3, -0.25) is 4.79 Å². The first-order valence-electron chi connectivity index (χ1n) is 7.35. The molecule has 3 nitrogen and oxygen atoms in total. The second-order valence-electron chi connectivity index (χ2n) is 5.86. The lowest BCUT2D eigenvalue weighted by molar-refractivity contribution is -0.120. The van der Waals surface area contributed by atoms with Gasteiger partial charge in [0, 0.05) is 5.69 Å². The first-order valence-corrected chi connectivity index (χ1v) is 7.35. The van der Waals surface area contributed by atoms with Gasteiger partial charge in [-0.15, -0.1) is 12.4 Å². The summed E-state index contributed by atoms with van der Waals surface area (Å²) in [6.45, 7) is 1.74. The van der Waals surface area contributed by atoms with Crippen molar-refractivity contribution in [2.24, 2.45) is 5.73 Å². The molecule has 0 fully saturated rings. The fourth-order valence-electron chi connectivity index (χ4n) is 2.83. The molecule has 0 radical (unpaired) electrons. The van der Waals surface area contributed by atoms with Crippen LogP contribution in [0.3, 0.4) is 0 Å². The normalized spacial score (nSPS) is 15.4. The fraction of sp³-hybridized carbons (Fsp3) is 0.278. The average molecular weight is 317 g/mol. The Morgan fingerprint density at radius 1 is 1.09 bits per heavy atom. The van der Waals surface area contributed by atoms with E-state index in [1.54, 1.807) is 6.92 Å². The van der Waals surface area contributed by atoms with Crippen molar-refractivity contribution in [1.82, 2.24) is 0 Å². The molecule has 116 valence electrons. The highest BCUT2D eigenvalue weighted by Gasteiger charge is 2.30. The predicted molar refractivity (Wildman–Crippen MR) is 92.3 cm³/mol. The van der Waals surface area contributed by atoms with E-state index in [9.17, 15) is 4.79 Å². The number of rotatable bonds is 3. The van der Waals surface area contributed by atoms with E-state index >= 15 is 0 Å². The largest absolute Gasteiger partial charge is 0.324 e. The van der Waals surface area contributed by atoms with E-state index in [-0.39, 0.29) is 18.3 Å². The van der Waals surface area contributed by atoms with Gasteiger partial charge in [-0.05, 0) is 55.0 Å². The van der Waals surface area contributed by atoms with Gasteiger partial charge >= 0.3 is 0 Å². The number of halogens is 1. The monoisotopic (exact) mass is 316 g/mol. The van der Waals surface area contributed by atoms with E-state index in [0.29, 0.717) is 0 Å². The van der Waals surface area contributed by atoms with E-state index < -0.39 is 5.54 Å². The molecule has 0 aromatic heterocycles. The van der Waals surface area contributed by atoms with Crippen LogP contribution in [-0.2, 0) is 23.2 Å². The molecule has 3 N–H and O–H groups in total. The molecule has 0 aliphatic heterocycles. The highest BCUT2D eigenvalue weighted by Crippen LogP contribution is 2.26. The van der Waals surface area contributed by atoms with Crippen molar-refractivity contribution in [2.75, 3.05) is 5.32 Å². The van der Waals surface area contributed by atoms with E-state index in [4.69, 9.17) is 5.73 Å². The molecule has 2 aromatic rings. The van der Waals surface area contributed by atoms with Gasteiger partial charge in [0.1, 0.15) is 5.54 Å². The number of benzene rings is 2. The number of hydrogen-bond donors (Lipinski definition) is 2. The molecule has 2 aromatic carbocycles. The van der Waals surface area contributed by atoms with Gasteiger partial charge in [-0.1, -0.05) is 36.4 Å². The molecule has 0 bridgehead atoms. The number of fused-ring (bicyclic) bond motifs is 1. The molecule has 1 aliphatic carbocycles. The Morgan fingerprint density at radius 2 is 1.77 bits per heavy atom. The number of nitrogens with one attached hydrogen (secondary N) is 1. The number of anilines is 1. The SMILES string of the molecule is CC(N)(C(=O)Nc1ccc2c(c1)CCC2)c1ccccc1.Cl. The van der Waals surface area contributed by atoms with Crippen molar-refractivity contribution in [2.45, 2.75) is 31.7 Å². The second kappa shape index (κ2) is 6.51. The van der Waals surface area contributed by atoms with Gasteiger partial charge in [0.15, 0.2) is 0 Å². The zero-order chi connectivity index (χ0) is 14.9. The maximum Gasteiger partial charge on any atom is 0.248 e. The standard InChI is InChI=1S/C18H20N2O.ClH/c1-18(19,15-8-3-2-4-9-15)17(21)20-16-11-10-13-6-5-7-14(13)12-16;/h2-4,8-12H,5-7,19H2,1H3,(H,20,21);1H. The van der Waals surface area contributed by atoms with Gasteiger partial charge in [-0.25, -0.2) is 0 Å². The number of hydrogen-bond acceptors (Lipinski definition) is 2. The maximum absolute atomic E-state index is 12.5. The minimum absolute atomic E-state index is 0. The third kappa shape index (κ3) is 3.16. The summed E-state index contributed by atoms with van der Waals surface area (Å²) in [7, 11) is 0. The molecule has 0 saturated carbocycles. The molecule has 4 heteroatoms. The molecular formula is C18H21ClN2O. The molecule has 0 heterocycles. The Labute approximate surface area is 137 Å². The van der Waals surface area contributed by atoms with Gasteiger partial charge < -0.3 is 11.1 Å². The first kappa shape index (κ1) is 16.5. The zero-order valence-electron chi connectivity index (χ0n) is 12.6. The van der Waals surface area contributed by atoms with Crippen LogP contribution >= 0.6 is 12.4 Å². The van der Waals surface area contributed by atoms with E-state index in [0.717, 1.165) is 24.1 Å². The van der Waals surface area contributed by atoms with Crippen LogP contribution in [0.1, 0.15) is 30.0 Å². The van der Waals surface area contributed by atoms with Crippen molar-refractivity contribution in [3.05, 3.63) is 65.2 Å². The molecular weight excluding hydrogens is 296 g/mol. The van der Waals surface area contributed by atoms with Crippen LogP contribution in [0.5, 0.6) is 0 Å². The molecule has 1 amide bonds. The predicted octanol–water partition coefficient (Wildman–Crippen LogP) is 3.41. The lowest BCUT2D eigenvalue weighted by atomic mass is 9.92. The van der Waals surface area contributed by atoms with Crippen molar-refractivity contribution >= 4 is 24.0 Å². The van der Waals surface area contributed by atoms with Crippen LogP contribution in [0.15, 0.2) is 48.5 Å². The summed E-state index contributed by atoms with van der Waals surface area (Å²) in [4.78, 5) is 12.5. The Morgan fingerprint density at radius 3 is 2.50 bits per heavy atom. The summed E-state index contributed by atoms with van der Waals surface area (Å²) >= 11 is 0. The van der Waals surface area contributed by atoms with Crippen molar-refractivity contribution in [3.8, 4) is 0 Å². The molecule has 3 rings (SSSR count). The van der Waals surface area contributed by atoms with Crippen LogP contribution in [0.25, 0.3) is 0 Å². The summed E-state index contributed by atoms with van der Waals surface area (Å²) in [5, 5.41) is 2.95. The van der Waals surface area contributed by atoms with Crippen LogP contribution < -0.4 is 11.1 Å². The van der Waals surface area contributed by atoms with Crippen LogP contribution in [0.4, 0.5) is 5.69 Å². The third-order valence-corrected chi connectivity index (χ3v) is 4.20. The Bertz CT molecular complexity index is 668. The van der Waals surface area contributed by atoms with Crippen molar-refractivity contribution < 1.29 is 4.79 Å². The number of nitrogens with two attached hydrogens (primary N) is 1. The number of aryl methyl sites for hydroxylation is 2. The number of amides is 1. The first-order chi connectivity index (χ1) is 10.1. The van der Waals surface area contributed by atoms with Gasteiger partial charge in [0.05, 0.1) is 0 Å².